The molecule has 1 aromatic rings. The molecule has 2 nitrogen and oxygen atoms in total. The molecule has 2 heterocycles. The Hall–Kier alpha value is -0.570. The number of nitrogens with zero attached hydrogens (tertiary/aromatic N) is 2. The van der Waals surface area contributed by atoms with Gasteiger partial charge in [-0.3, -0.25) is 0 Å². The molecule has 0 saturated carbocycles. The third kappa shape index (κ3) is 1.85. The fraction of sp³-hybridized carbons (Fsp3) is 0.700. The lowest BCUT2D eigenvalue weighted by Crippen LogP contribution is -2.17. The summed E-state index contributed by atoms with van der Waals surface area (Å²) < 4.78 is 0. The van der Waals surface area contributed by atoms with Crippen LogP contribution in [0.15, 0.2) is 5.38 Å². The number of aromatic nitrogens is 1. The van der Waals surface area contributed by atoms with Gasteiger partial charge in [0, 0.05) is 24.4 Å². The van der Waals surface area contributed by atoms with Crippen molar-refractivity contribution in [3.63, 3.8) is 0 Å². The molecule has 1 aliphatic heterocycles. The van der Waals surface area contributed by atoms with Crippen LogP contribution in [0, 0.1) is 0 Å². The predicted octanol–water partition coefficient (Wildman–Crippen LogP) is 2.87. The van der Waals surface area contributed by atoms with Crippen molar-refractivity contribution in [2.45, 2.75) is 32.6 Å². The predicted molar refractivity (Wildman–Crippen MR) is 57.7 cm³/mol. The minimum Gasteiger partial charge on any atom is -0.356 e. The Labute approximate surface area is 83.6 Å². The zero-order valence-electron chi connectivity index (χ0n) is 8.29. The monoisotopic (exact) mass is 196 g/mol. The van der Waals surface area contributed by atoms with Crippen molar-refractivity contribution in [3.05, 3.63) is 10.4 Å². The third-order valence-corrected chi connectivity index (χ3v) is 3.57. The maximum atomic E-state index is 4.64. The van der Waals surface area contributed by atoms with Crippen LogP contribution < -0.4 is 4.90 Å². The van der Waals surface area contributed by atoms with E-state index >= 15 is 0 Å². The number of rotatable bonds is 2. The molecule has 0 radical (unpaired) electrons. The van der Waals surface area contributed by atoms with Crippen molar-refractivity contribution in [3.8, 4) is 0 Å². The molecule has 1 aliphatic rings. The fourth-order valence-corrected chi connectivity index (χ4v) is 2.48. The largest absolute Gasteiger partial charge is 0.356 e. The van der Waals surface area contributed by atoms with Gasteiger partial charge in [0.1, 0.15) is 5.82 Å². The molecule has 1 aromatic heterocycles. The van der Waals surface area contributed by atoms with E-state index in [2.05, 4.69) is 29.1 Å². The Bertz CT molecular complexity index is 274. The summed E-state index contributed by atoms with van der Waals surface area (Å²) in [4.78, 5) is 7.03. The lowest BCUT2D eigenvalue weighted by Gasteiger charge is -2.13. The Balaban J connectivity index is 2.12. The van der Waals surface area contributed by atoms with Gasteiger partial charge in [-0.25, -0.2) is 4.98 Å². The summed E-state index contributed by atoms with van der Waals surface area (Å²) in [6.45, 7) is 6.79. The van der Waals surface area contributed by atoms with Crippen molar-refractivity contribution in [2.75, 3.05) is 18.0 Å². The highest BCUT2D eigenvalue weighted by Crippen LogP contribution is 2.26. The lowest BCUT2D eigenvalue weighted by molar-refractivity contribution is 0.841. The molecule has 2 rings (SSSR count). The summed E-state index contributed by atoms with van der Waals surface area (Å²) in [6, 6.07) is 0. The molecular formula is C10H16N2S. The standard InChI is InChI=1S/C10H16N2S/c1-8(2)10-11-9(7-13-10)12-5-3-4-6-12/h7-8H,3-6H2,1-2H3. The average molecular weight is 196 g/mol. The van der Waals surface area contributed by atoms with Gasteiger partial charge in [-0.05, 0) is 12.8 Å². The summed E-state index contributed by atoms with van der Waals surface area (Å²) in [5, 5.41) is 3.46. The minimum atomic E-state index is 0.571. The van der Waals surface area contributed by atoms with Crippen LogP contribution >= 0.6 is 11.3 Å². The van der Waals surface area contributed by atoms with Crippen LogP contribution in [0.3, 0.4) is 0 Å². The van der Waals surface area contributed by atoms with Crippen molar-refractivity contribution in [2.24, 2.45) is 0 Å². The van der Waals surface area contributed by atoms with Crippen LogP contribution in [0.4, 0.5) is 5.82 Å². The maximum absolute atomic E-state index is 4.64. The molecule has 0 atom stereocenters. The molecule has 13 heavy (non-hydrogen) atoms. The molecule has 0 aliphatic carbocycles. The van der Waals surface area contributed by atoms with E-state index < -0.39 is 0 Å². The molecular weight excluding hydrogens is 180 g/mol. The summed E-state index contributed by atoms with van der Waals surface area (Å²) >= 11 is 1.79. The highest BCUT2D eigenvalue weighted by molar-refractivity contribution is 7.10. The highest BCUT2D eigenvalue weighted by atomic mass is 32.1. The van der Waals surface area contributed by atoms with E-state index in [-0.39, 0.29) is 0 Å². The van der Waals surface area contributed by atoms with Gasteiger partial charge in [0.15, 0.2) is 0 Å². The van der Waals surface area contributed by atoms with Crippen molar-refractivity contribution in [1.29, 1.82) is 0 Å². The first-order valence-corrected chi connectivity index (χ1v) is 5.85. The van der Waals surface area contributed by atoms with Crippen LogP contribution in [0.2, 0.25) is 0 Å². The summed E-state index contributed by atoms with van der Waals surface area (Å²) in [6.07, 6.45) is 2.66. The highest BCUT2D eigenvalue weighted by Gasteiger charge is 2.15. The van der Waals surface area contributed by atoms with E-state index in [1.54, 1.807) is 11.3 Å². The van der Waals surface area contributed by atoms with E-state index in [0.717, 1.165) is 0 Å². The van der Waals surface area contributed by atoms with Crippen LogP contribution in [0.5, 0.6) is 0 Å². The lowest BCUT2D eigenvalue weighted by atomic mass is 10.2. The molecule has 0 amide bonds. The van der Waals surface area contributed by atoms with E-state index in [4.69, 9.17) is 0 Å². The molecule has 0 spiro atoms. The van der Waals surface area contributed by atoms with Gasteiger partial charge in [0.2, 0.25) is 0 Å². The molecule has 0 bridgehead atoms. The Morgan fingerprint density at radius 2 is 2.08 bits per heavy atom. The van der Waals surface area contributed by atoms with Crippen molar-refractivity contribution < 1.29 is 0 Å². The minimum absolute atomic E-state index is 0.571. The Morgan fingerprint density at radius 3 is 2.62 bits per heavy atom. The van der Waals surface area contributed by atoms with Crippen LogP contribution in [0.1, 0.15) is 37.6 Å². The zero-order valence-corrected chi connectivity index (χ0v) is 9.10. The van der Waals surface area contributed by atoms with Gasteiger partial charge in [0.25, 0.3) is 0 Å². The number of hydrogen-bond acceptors (Lipinski definition) is 3. The van der Waals surface area contributed by atoms with Crippen LogP contribution in [-0.4, -0.2) is 18.1 Å². The molecule has 0 aromatic carbocycles. The van der Waals surface area contributed by atoms with E-state index in [1.165, 1.54) is 36.8 Å². The fourth-order valence-electron chi connectivity index (χ4n) is 1.64. The smallest absolute Gasteiger partial charge is 0.139 e. The third-order valence-electron chi connectivity index (χ3n) is 2.43. The maximum Gasteiger partial charge on any atom is 0.139 e. The molecule has 3 heteroatoms. The first kappa shape index (κ1) is 9.00. The van der Waals surface area contributed by atoms with Gasteiger partial charge in [-0.1, -0.05) is 13.8 Å². The van der Waals surface area contributed by atoms with E-state index in [1.807, 2.05) is 0 Å². The first-order valence-electron chi connectivity index (χ1n) is 4.98. The molecule has 0 N–H and O–H groups in total. The summed E-state index contributed by atoms with van der Waals surface area (Å²) in [5.41, 5.74) is 0. The van der Waals surface area contributed by atoms with E-state index in [9.17, 15) is 0 Å². The quantitative estimate of drug-likeness (QED) is 0.723. The topological polar surface area (TPSA) is 16.1 Å². The molecule has 1 fully saturated rings. The number of hydrogen-bond donors (Lipinski definition) is 0. The summed E-state index contributed by atoms with van der Waals surface area (Å²) in [7, 11) is 0. The van der Waals surface area contributed by atoms with Gasteiger partial charge < -0.3 is 4.90 Å². The molecule has 1 saturated heterocycles. The van der Waals surface area contributed by atoms with Gasteiger partial charge in [-0.15, -0.1) is 11.3 Å². The van der Waals surface area contributed by atoms with Gasteiger partial charge in [-0.2, -0.15) is 0 Å². The normalized spacial score (nSPS) is 17.3. The second-order valence-corrected chi connectivity index (χ2v) is 4.78. The van der Waals surface area contributed by atoms with Crippen LogP contribution in [0.25, 0.3) is 0 Å². The average Bonchev–Trinajstić information content (AvgIpc) is 2.75. The molecule has 72 valence electrons. The Morgan fingerprint density at radius 1 is 1.38 bits per heavy atom. The zero-order chi connectivity index (χ0) is 9.26. The van der Waals surface area contributed by atoms with Crippen molar-refractivity contribution >= 4 is 17.2 Å². The number of anilines is 1. The second-order valence-electron chi connectivity index (χ2n) is 3.89. The molecule has 0 unspecified atom stereocenters. The van der Waals surface area contributed by atoms with Gasteiger partial charge >= 0.3 is 0 Å². The summed E-state index contributed by atoms with van der Waals surface area (Å²) in [5.74, 6) is 1.77. The van der Waals surface area contributed by atoms with Crippen LogP contribution in [-0.2, 0) is 0 Å². The Kier molecular flexibility index (Phi) is 2.54. The van der Waals surface area contributed by atoms with Crippen molar-refractivity contribution in [1.82, 2.24) is 4.98 Å². The first-order chi connectivity index (χ1) is 6.27. The number of thiazole rings is 1. The SMILES string of the molecule is CC(C)c1nc(N2CCCC2)cs1. The van der Waals surface area contributed by atoms with Gasteiger partial charge in [0.05, 0.1) is 5.01 Å². The van der Waals surface area contributed by atoms with E-state index in [0.29, 0.717) is 5.92 Å². The second kappa shape index (κ2) is 3.66.